The number of hydrogen-bond donors (Lipinski definition) is 2. The Labute approximate surface area is 287 Å². The molecule has 0 spiro atoms. The van der Waals surface area contributed by atoms with Gasteiger partial charge in [0.25, 0.3) is 0 Å². The molecule has 0 aromatic heterocycles. The van der Waals surface area contributed by atoms with Crippen LogP contribution in [0.1, 0.15) is 83.1 Å². The summed E-state index contributed by atoms with van der Waals surface area (Å²) in [6.45, 7) is 35.4. The van der Waals surface area contributed by atoms with Crippen LogP contribution in [-0.2, 0) is 32.2 Å². The van der Waals surface area contributed by atoms with E-state index in [-0.39, 0.29) is 29.6 Å². The van der Waals surface area contributed by atoms with Crippen LogP contribution in [-0.4, -0.2) is 106 Å². The summed E-state index contributed by atoms with van der Waals surface area (Å²) in [6.07, 6.45) is -0.392. The zero-order valence-corrected chi connectivity index (χ0v) is 37.7. The molecule has 0 aromatic rings. The molecule has 0 aliphatic carbocycles. The van der Waals surface area contributed by atoms with Crippen molar-refractivity contribution in [3.63, 3.8) is 0 Å². The average Bonchev–Trinajstić information content (AvgIpc) is 2.64. The molecule has 2 N–H and O–H groups in total. The van der Waals surface area contributed by atoms with Crippen LogP contribution in [0.15, 0.2) is 0 Å². The fourth-order valence-electron chi connectivity index (χ4n) is 3.56. The van der Waals surface area contributed by atoms with Crippen molar-refractivity contribution in [1.29, 1.82) is 0 Å². The van der Waals surface area contributed by atoms with Gasteiger partial charge in [0, 0.05) is 0 Å². The Hall–Kier alpha value is 2.00. The van der Waals surface area contributed by atoms with Crippen molar-refractivity contribution >= 4 is 48.2 Å². The summed E-state index contributed by atoms with van der Waals surface area (Å²) in [5, 5.41) is 21.8. The molecule has 0 atom stereocenters. The third-order valence-electron chi connectivity index (χ3n) is 4.32. The monoisotopic (exact) mass is 698 g/mol. The maximum absolute atomic E-state index is 10.9. The van der Waals surface area contributed by atoms with Crippen LogP contribution in [0.25, 0.3) is 0 Å². The van der Waals surface area contributed by atoms with Gasteiger partial charge in [0.15, 0.2) is 0 Å². The average molecular weight is 699 g/mol. The van der Waals surface area contributed by atoms with E-state index in [2.05, 4.69) is 39.3 Å². The van der Waals surface area contributed by atoms with Crippen LogP contribution in [0, 0.1) is 0 Å². The number of rotatable bonds is 16. The van der Waals surface area contributed by atoms with Crippen molar-refractivity contribution < 1.29 is 72.0 Å². The first-order chi connectivity index (χ1) is 17.8. The third kappa shape index (κ3) is 21.0. The van der Waals surface area contributed by atoms with Crippen LogP contribution in [0.3, 0.4) is 0 Å². The first-order valence-electron chi connectivity index (χ1n) is 14.6. The Morgan fingerprint density at radius 2 is 0.690 bits per heavy atom. The smallest absolute Gasteiger partial charge is 0.590 e. The van der Waals surface area contributed by atoms with E-state index in [0.29, 0.717) is 12.5 Å². The zero-order valence-electron chi connectivity index (χ0n) is 30.6. The fraction of sp³-hybridized carbons (Fsp3) is 1.00. The molecule has 0 rings (SSSR count). The Morgan fingerprint density at radius 3 is 0.833 bits per heavy atom. The molecule has 0 unspecified atom stereocenters. The van der Waals surface area contributed by atoms with Crippen molar-refractivity contribution in [3.8, 4) is 0 Å². The van der Waals surface area contributed by atoms with Gasteiger partial charge in [0.2, 0.25) is 0 Å². The molecule has 248 valence electrons. The van der Waals surface area contributed by atoms with E-state index in [1.54, 1.807) is 0 Å². The molecule has 0 radical (unpaired) electrons. The van der Waals surface area contributed by atoms with Crippen LogP contribution in [0.5, 0.6) is 0 Å². The van der Waals surface area contributed by atoms with Crippen LogP contribution < -0.4 is 29.6 Å². The summed E-state index contributed by atoms with van der Waals surface area (Å²) in [5.74, 6) is 0. The first-order valence-corrected chi connectivity index (χ1v) is 27.8. The number of hydrogen-bond acceptors (Lipinski definition) is 10. The van der Waals surface area contributed by atoms with Gasteiger partial charge in [-0.2, -0.15) is 0 Å². The van der Waals surface area contributed by atoms with Gasteiger partial charge in [-0.1, -0.05) is 39.3 Å². The molecule has 0 heterocycles. The van der Waals surface area contributed by atoms with E-state index in [1.165, 1.54) is 0 Å². The Bertz CT molecular complexity index is 700. The van der Waals surface area contributed by atoms with Crippen LogP contribution >= 0.6 is 0 Å². The molecule has 0 aliphatic rings. The summed E-state index contributed by atoms with van der Waals surface area (Å²) in [4.78, 5) is 0. The number of aliphatic hydroxyl groups is 2. The molecule has 0 saturated heterocycles. The van der Waals surface area contributed by atoms with E-state index < -0.39 is 83.0 Å². The Balaban J connectivity index is 0. The SMILES string of the molecule is CC(C)(C)O[Si](CO)(OC(C)(C)C)[O][Al-]([O]C[Si](C)(C)C)([O]C[Si](C)(C)C)[O][Si](CO)(OC(C)(C)C)OC(C)(C)C.[Na+]. The maximum Gasteiger partial charge on any atom is 1.00 e. The van der Waals surface area contributed by atoms with Crippen molar-refractivity contribution in [2.75, 3.05) is 24.9 Å². The predicted molar refractivity (Wildman–Crippen MR) is 176 cm³/mol. The topological polar surface area (TPSA) is 114 Å². The van der Waals surface area contributed by atoms with Gasteiger partial charge >= 0.3 is 61.6 Å². The van der Waals surface area contributed by atoms with Crippen molar-refractivity contribution in [1.82, 2.24) is 0 Å². The summed E-state index contributed by atoms with van der Waals surface area (Å²) in [7, 11) is -11.7. The van der Waals surface area contributed by atoms with Crippen molar-refractivity contribution in [2.45, 2.75) is 145 Å². The molecule has 0 aromatic carbocycles. The summed E-state index contributed by atoms with van der Waals surface area (Å²) >= 11 is -4.77. The summed E-state index contributed by atoms with van der Waals surface area (Å²) in [6, 6.07) is 0. The van der Waals surface area contributed by atoms with Crippen molar-refractivity contribution in [3.05, 3.63) is 0 Å². The molecule has 0 aliphatic heterocycles. The number of aliphatic hydroxyl groups excluding tert-OH is 2. The molecule has 0 saturated carbocycles. The van der Waals surface area contributed by atoms with Crippen LogP contribution in [0.2, 0.25) is 39.3 Å². The normalized spacial score (nSPS) is 15.1. The van der Waals surface area contributed by atoms with Crippen LogP contribution in [0.4, 0.5) is 0 Å². The molecule has 0 amide bonds. The molecule has 16 heteroatoms. The molecule has 0 bridgehead atoms. The predicted octanol–water partition coefficient (Wildman–Crippen LogP) is 2.45. The minimum Gasteiger partial charge on any atom is -0.590 e. The minimum atomic E-state index is -4.77. The second-order valence-electron chi connectivity index (χ2n) is 17.1. The van der Waals surface area contributed by atoms with Crippen molar-refractivity contribution in [2.24, 2.45) is 0 Å². The molecule has 0 fully saturated rings. The van der Waals surface area contributed by atoms with Gasteiger partial charge in [0.05, 0.1) is 38.6 Å². The zero-order chi connectivity index (χ0) is 33.0. The second kappa shape index (κ2) is 16.4. The van der Waals surface area contributed by atoms with Gasteiger partial charge in [-0.3, -0.25) is 0 Å². The van der Waals surface area contributed by atoms with Gasteiger partial charge in [-0.25, -0.2) is 0 Å². The van der Waals surface area contributed by atoms with Gasteiger partial charge in [-0.15, -0.1) is 0 Å². The summed E-state index contributed by atoms with van der Waals surface area (Å²) < 4.78 is 52.9. The largest absolute Gasteiger partial charge is 1.00 e. The second-order valence-corrected chi connectivity index (χ2v) is 35.8. The minimum absolute atomic E-state index is 0. The molecular weight excluding hydrogens is 635 g/mol. The van der Waals surface area contributed by atoms with Gasteiger partial charge in [-0.05, 0) is 95.5 Å². The standard InChI is InChI=1S/2C9H21O4Si.2C4H11OSi.Al.Na/c2*1-8(2,3)12-14(11,7-10)13-9(4,5)6;2*1-6(2,3)4-5;;/h2*10H,7H2,1-6H3;2*4H2,1-3H3;;/q4*-1;+3;+1. The first kappa shape index (κ1) is 46.1. The molecule has 42 heavy (non-hydrogen) atoms. The quantitative estimate of drug-likeness (QED) is 0.233. The van der Waals surface area contributed by atoms with E-state index in [9.17, 15) is 10.2 Å². The maximum atomic E-state index is 10.9. The Morgan fingerprint density at radius 1 is 0.476 bits per heavy atom. The third-order valence-corrected chi connectivity index (χ3v) is 17.9. The fourth-order valence-corrected chi connectivity index (χ4v) is 20.0. The Kier molecular flexibility index (Phi) is 18.0. The van der Waals surface area contributed by atoms with E-state index in [1.807, 2.05) is 83.1 Å². The van der Waals surface area contributed by atoms with E-state index >= 15 is 0 Å². The molecule has 10 nitrogen and oxygen atoms in total. The van der Waals surface area contributed by atoms with Gasteiger partial charge in [0.1, 0.15) is 12.5 Å². The van der Waals surface area contributed by atoms with Gasteiger partial charge < -0.3 is 42.4 Å². The van der Waals surface area contributed by atoms with E-state index in [4.69, 9.17) is 32.2 Å². The molecular formula is C26H64AlNaO10Si4. The van der Waals surface area contributed by atoms with E-state index in [0.717, 1.165) is 0 Å². The summed E-state index contributed by atoms with van der Waals surface area (Å²) in [5.41, 5.74) is -2.95.